The molecule has 1 heterocycles. The zero-order valence-electron chi connectivity index (χ0n) is 17.1. The zero-order valence-corrected chi connectivity index (χ0v) is 17.1. The number of benzene rings is 2. The van der Waals surface area contributed by atoms with Crippen LogP contribution in [0.3, 0.4) is 0 Å². The maximum Gasteiger partial charge on any atom is 0.180 e. The lowest BCUT2D eigenvalue weighted by Gasteiger charge is -2.21. The van der Waals surface area contributed by atoms with Crippen molar-refractivity contribution in [1.29, 1.82) is 0 Å². The topological polar surface area (TPSA) is 74.6 Å². The Kier molecular flexibility index (Phi) is 5.43. The van der Waals surface area contributed by atoms with E-state index in [1.165, 1.54) is 12.8 Å². The summed E-state index contributed by atoms with van der Waals surface area (Å²) in [5.74, 6) is 1.53. The Bertz CT molecular complexity index is 1030. The van der Waals surface area contributed by atoms with Crippen LogP contribution in [0, 0.1) is 19.8 Å². The van der Waals surface area contributed by atoms with Crippen molar-refractivity contribution >= 4 is 16.6 Å². The molecule has 152 valence electrons. The molecule has 0 saturated heterocycles. The Hall–Kier alpha value is -2.63. The minimum atomic E-state index is -1.52. The molecule has 0 amide bonds. The van der Waals surface area contributed by atoms with Gasteiger partial charge >= 0.3 is 0 Å². The molecular formula is C24H28N2O3. The molecule has 4 rings (SSSR count). The minimum Gasteiger partial charge on any atom is -0.491 e. The molecule has 1 saturated carbocycles. The van der Waals surface area contributed by atoms with Crippen LogP contribution in [-0.4, -0.2) is 21.8 Å². The van der Waals surface area contributed by atoms with Crippen molar-refractivity contribution in [3.05, 3.63) is 64.8 Å². The number of anilines is 1. The number of nitrogens with one attached hydrogen (secondary N) is 1. The van der Waals surface area contributed by atoms with Gasteiger partial charge in [-0.2, -0.15) is 0 Å². The first-order valence-corrected chi connectivity index (χ1v) is 10.2. The summed E-state index contributed by atoms with van der Waals surface area (Å²) in [5, 5.41) is 23.8. The third kappa shape index (κ3) is 4.36. The van der Waals surface area contributed by atoms with Crippen molar-refractivity contribution in [2.75, 3.05) is 11.9 Å². The van der Waals surface area contributed by atoms with E-state index in [0.29, 0.717) is 17.2 Å². The second-order valence-electron chi connectivity index (χ2n) is 8.07. The number of aliphatic hydroxyl groups is 2. The van der Waals surface area contributed by atoms with E-state index >= 15 is 0 Å². The van der Waals surface area contributed by atoms with Gasteiger partial charge in [-0.15, -0.1) is 0 Å². The largest absolute Gasteiger partial charge is 0.491 e. The van der Waals surface area contributed by atoms with Crippen molar-refractivity contribution in [3.63, 3.8) is 0 Å². The first kappa shape index (κ1) is 19.7. The molecule has 1 aliphatic rings. The van der Waals surface area contributed by atoms with Crippen molar-refractivity contribution in [1.82, 2.24) is 4.98 Å². The van der Waals surface area contributed by atoms with E-state index in [1.807, 2.05) is 19.1 Å². The van der Waals surface area contributed by atoms with Gasteiger partial charge in [0.2, 0.25) is 0 Å². The molecular weight excluding hydrogens is 364 g/mol. The predicted molar refractivity (Wildman–Crippen MR) is 115 cm³/mol. The normalized spacial score (nSPS) is 15.0. The van der Waals surface area contributed by atoms with Crippen LogP contribution in [0.5, 0.6) is 5.75 Å². The van der Waals surface area contributed by atoms with Gasteiger partial charge in [-0.3, -0.25) is 0 Å². The van der Waals surface area contributed by atoms with E-state index in [4.69, 9.17) is 9.72 Å². The quantitative estimate of drug-likeness (QED) is 0.504. The molecule has 5 heteroatoms. The molecule has 29 heavy (non-hydrogen) atoms. The highest BCUT2D eigenvalue weighted by Gasteiger charge is 2.23. The van der Waals surface area contributed by atoms with E-state index in [-0.39, 0.29) is 6.04 Å². The first-order chi connectivity index (χ1) is 13.9. The van der Waals surface area contributed by atoms with E-state index in [1.54, 1.807) is 12.1 Å². The highest BCUT2D eigenvalue weighted by atomic mass is 16.5. The van der Waals surface area contributed by atoms with Gasteiger partial charge in [-0.25, -0.2) is 4.98 Å². The lowest BCUT2D eigenvalue weighted by Crippen LogP contribution is -2.11. The number of pyridine rings is 1. The minimum absolute atomic E-state index is 0.0573. The number of hydrogen-bond donors (Lipinski definition) is 3. The van der Waals surface area contributed by atoms with Crippen LogP contribution >= 0.6 is 0 Å². The van der Waals surface area contributed by atoms with E-state index in [2.05, 4.69) is 37.4 Å². The molecule has 3 aromatic rings. The first-order valence-electron chi connectivity index (χ1n) is 10.2. The number of ether oxygens (including phenoxy) is 1. The van der Waals surface area contributed by atoms with E-state index in [0.717, 1.165) is 40.1 Å². The fourth-order valence-corrected chi connectivity index (χ4v) is 3.69. The number of aromatic nitrogens is 1. The van der Waals surface area contributed by atoms with Crippen molar-refractivity contribution in [2.24, 2.45) is 5.92 Å². The average Bonchev–Trinajstić information content (AvgIpc) is 3.50. The molecule has 2 aromatic carbocycles. The summed E-state index contributed by atoms with van der Waals surface area (Å²) < 4.78 is 6.05. The molecule has 0 spiro atoms. The number of aryl methyl sites for hydroxylation is 2. The Labute approximate surface area is 171 Å². The summed E-state index contributed by atoms with van der Waals surface area (Å²) in [5.41, 5.74) is 5.25. The maximum atomic E-state index is 9.67. The van der Waals surface area contributed by atoms with Gasteiger partial charge in [0.25, 0.3) is 0 Å². The van der Waals surface area contributed by atoms with Crippen molar-refractivity contribution < 1.29 is 14.9 Å². The number of nitrogens with zero attached hydrogens (tertiary/aromatic N) is 1. The van der Waals surface area contributed by atoms with Crippen LogP contribution in [0.2, 0.25) is 0 Å². The summed E-state index contributed by atoms with van der Waals surface area (Å²) >= 11 is 0. The fraction of sp³-hybridized carbons (Fsp3) is 0.375. The lowest BCUT2D eigenvalue weighted by atomic mass is 9.98. The number of aliphatic hydroxyl groups excluding tert-OH is 1. The molecule has 1 aliphatic carbocycles. The highest BCUT2D eigenvalue weighted by molar-refractivity contribution is 5.85. The summed E-state index contributed by atoms with van der Waals surface area (Å²) in [6.07, 6.45) is 0.982. The van der Waals surface area contributed by atoms with Crippen LogP contribution in [0.25, 0.3) is 10.9 Å². The van der Waals surface area contributed by atoms with Crippen LogP contribution in [0.1, 0.15) is 54.5 Å². The van der Waals surface area contributed by atoms with Gasteiger partial charge < -0.3 is 20.3 Å². The molecule has 1 fully saturated rings. The highest BCUT2D eigenvalue weighted by Crippen LogP contribution is 2.34. The molecule has 1 aromatic heterocycles. The predicted octanol–water partition coefficient (Wildman–Crippen LogP) is 4.80. The standard InChI is InChI=1S/C24H28N2O3/c1-14-10-19(15(2)25-21-7-5-4-6-18(21)24(27)28)20-12-23(29-13-17-8-9-17)16(3)26-22(20)11-14/h4-7,10-12,15,17,24-25,27-28H,8-9,13H2,1-3H3. The molecule has 0 radical (unpaired) electrons. The van der Waals surface area contributed by atoms with Gasteiger partial charge in [-0.1, -0.05) is 24.3 Å². The second kappa shape index (κ2) is 8.01. The summed E-state index contributed by atoms with van der Waals surface area (Å²) in [6, 6.07) is 13.5. The van der Waals surface area contributed by atoms with Gasteiger partial charge in [0.1, 0.15) is 5.75 Å². The lowest BCUT2D eigenvalue weighted by molar-refractivity contribution is -0.0419. The zero-order chi connectivity index (χ0) is 20.5. The molecule has 1 unspecified atom stereocenters. The Morgan fingerprint density at radius 3 is 2.59 bits per heavy atom. The monoisotopic (exact) mass is 392 g/mol. The molecule has 0 aliphatic heterocycles. The Balaban J connectivity index is 1.70. The third-order valence-electron chi connectivity index (χ3n) is 5.50. The van der Waals surface area contributed by atoms with E-state index < -0.39 is 6.29 Å². The number of para-hydroxylation sites is 1. The van der Waals surface area contributed by atoms with Crippen LogP contribution in [-0.2, 0) is 0 Å². The SMILES string of the molecule is Cc1cc(C(C)Nc2ccccc2C(O)O)c2cc(OCC3CC3)c(C)nc2c1. The van der Waals surface area contributed by atoms with Crippen LogP contribution in [0.4, 0.5) is 5.69 Å². The van der Waals surface area contributed by atoms with Crippen LogP contribution in [0.15, 0.2) is 42.5 Å². The Morgan fingerprint density at radius 1 is 1.10 bits per heavy atom. The Morgan fingerprint density at radius 2 is 1.86 bits per heavy atom. The van der Waals surface area contributed by atoms with Crippen molar-refractivity contribution in [3.8, 4) is 5.75 Å². The summed E-state index contributed by atoms with van der Waals surface area (Å²) in [4.78, 5) is 4.80. The van der Waals surface area contributed by atoms with Gasteiger partial charge in [0.05, 0.1) is 17.8 Å². The van der Waals surface area contributed by atoms with Gasteiger partial charge in [-0.05, 0) is 68.9 Å². The molecule has 3 N–H and O–H groups in total. The third-order valence-corrected chi connectivity index (χ3v) is 5.50. The van der Waals surface area contributed by atoms with Gasteiger partial charge in [0.15, 0.2) is 6.29 Å². The number of rotatable bonds is 7. The fourth-order valence-electron chi connectivity index (χ4n) is 3.69. The second-order valence-corrected chi connectivity index (χ2v) is 8.07. The number of fused-ring (bicyclic) bond motifs is 1. The molecule has 0 bridgehead atoms. The molecule has 1 atom stereocenters. The average molecular weight is 392 g/mol. The smallest absolute Gasteiger partial charge is 0.180 e. The van der Waals surface area contributed by atoms with E-state index in [9.17, 15) is 10.2 Å². The van der Waals surface area contributed by atoms with Crippen LogP contribution < -0.4 is 10.1 Å². The summed E-state index contributed by atoms with van der Waals surface area (Å²) in [6.45, 7) is 6.88. The summed E-state index contributed by atoms with van der Waals surface area (Å²) in [7, 11) is 0. The molecule has 5 nitrogen and oxygen atoms in total. The maximum absolute atomic E-state index is 9.67. The number of hydrogen-bond acceptors (Lipinski definition) is 5. The van der Waals surface area contributed by atoms with Crippen molar-refractivity contribution in [2.45, 2.75) is 45.9 Å². The van der Waals surface area contributed by atoms with Gasteiger partial charge in [0, 0.05) is 22.7 Å².